The van der Waals surface area contributed by atoms with Crippen molar-refractivity contribution in [1.29, 1.82) is 0 Å². The van der Waals surface area contributed by atoms with Crippen LogP contribution >= 0.6 is 22.9 Å². The number of hydrogen-bond acceptors (Lipinski definition) is 5. The summed E-state index contributed by atoms with van der Waals surface area (Å²) in [7, 11) is 1.30. The Hall–Kier alpha value is -1.59. The molecule has 0 radical (unpaired) electrons. The molecule has 1 unspecified atom stereocenters. The first-order chi connectivity index (χ1) is 10.1. The molecule has 0 aliphatic rings. The number of esters is 1. The number of aromatic nitrogens is 1. The van der Waals surface area contributed by atoms with E-state index in [1.54, 1.807) is 0 Å². The van der Waals surface area contributed by atoms with Gasteiger partial charge >= 0.3 is 5.97 Å². The van der Waals surface area contributed by atoms with Crippen LogP contribution in [-0.2, 0) is 4.74 Å². The lowest BCUT2D eigenvalue weighted by atomic mass is 9.98. The lowest BCUT2D eigenvalue weighted by Crippen LogP contribution is -1.98. The topological polar surface area (TPSA) is 48.4 Å². The fourth-order valence-corrected chi connectivity index (χ4v) is 2.90. The number of para-hydroxylation sites is 1. The fourth-order valence-electron chi connectivity index (χ4n) is 1.84. The molecule has 4 nitrogen and oxygen atoms in total. The Morgan fingerprint density at radius 2 is 2.14 bits per heavy atom. The van der Waals surface area contributed by atoms with E-state index in [1.165, 1.54) is 7.11 Å². The van der Waals surface area contributed by atoms with E-state index in [9.17, 15) is 4.79 Å². The molecule has 0 aliphatic carbocycles. The van der Waals surface area contributed by atoms with Crippen molar-refractivity contribution in [3.63, 3.8) is 0 Å². The molecule has 112 valence electrons. The predicted octanol–water partition coefficient (Wildman–Crippen LogP) is 4.89. The van der Waals surface area contributed by atoms with Gasteiger partial charge in [0.2, 0.25) is 0 Å². The molecule has 0 aliphatic heterocycles. The number of ether oxygens (including phenoxy) is 2. The van der Waals surface area contributed by atoms with Crippen LogP contribution in [0.4, 0.5) is 0 Å². The number of carbonyl (C=O) groups excluding carboxylic acids is 1. The van der Waals surface area contributed by atoms with E-state index in [4.69, 9.17) is 16.3 Å². The van der Waals surface area contributed by atoms with Crippen molar-refractivity contribution in [3.8, 4) is 10.9 Å². The first-order valence-corrected chi connectivity index (χ1v) is 7.77. The van der Waals surface area contributed by atoms with E-state index in [0.29, 0.717) is 11.1 Å². The normalized spacial score (nSPS) is 12.0. The van der Waals surface area contributed by atoms with Gasteiger partial charge in [-0.3, -0.25) is 0 Å². The van der Waals surface area contributed by atoms with Crippen molar-refractivity contribution in [1.82, 2.24) is 4.98 Å². The summed E-state index contributed by atoms with van der Waals surface area (Å²) in [5.41, 5.74) is 1.10. The minimum atomic E-state index is -0.512. The molecular weight excluding hydrogens is 310 g/mol. The highest BCUT2D eigenvalue weighted by Gasteiger charge is 2.19. The van der Waals surface area contributed by atoms with Gasteiger partial charge in [0.15, 0.2) is 10.0 Å². The van der Waals surface area contributed by atoms with E-state index in [2.05, 4.69) is 23.6 Å². The van der Waals surface area contributed by atoms with Crippen LogP contribution in [-0.4, -0.2) is 18.1 Å². The lowest BCUT2D eigenvalue weighted by molar-refractivity contribution is 0.0606. The Bertz CT molecular complexity index is 642. The highest BCUT2D eigenvalue weighted by atomic mass is 35.5. The van der Waals surface area contributed by atoms with Gasteiger partial charge in [-0.15, -0.1) is 0 Å². The van der Waals surface area contributed by atoms with Gasteiger partial charge in [0, 0.05) is 0 Å². The summed E-state index contributed by atoms with van der Waals surface area (Å²) in [5.74, 6) is 0.591. The third kappa shape index (κ3) is 3.54. The highest BCUT2D eigenvalue weighted by Crippen LogP contribution is 2.36. The molecule has 0 saturated heterocycles. The third-order valence-electron chi connectivity index (χ3n) is 3.20. The van der Waals surface area contributed by atoms with E-state index in [-0.39, 0.29) is 10.0 Å². The van der Waals surface area contributed by atoms with Gasteiger partial charge in [-0.25, -0.2) is 4.79 Å². The van der Waals surface area contributed by atoms with Gasteiger partial charge in [-0.2, -0.15) is 4.98 Å². The summed E-state index contributed by atoms with van der Waals surface area (Å²) < 4.78 is 10.5. The minimum Gasteiger partial charge on any atom is -0.465 e. The zero-order chi connectivity index (χ0) is 15.4. The molecule has 2 rings (SSSR count). The summed E-state index contributed by atoms with van der Waals surface area (Å²) >= 11 is 7.01. The second-order valence-electron chi connectivity index (χ2n) is 4.54. The number of thiazole rings is 1. The fraction of sp³-hybridized carbons (Fsp3) is 0.333. The molecule has 1 aromatic carbocycles. The quantitative estimate of drug-likeness (QED) is 0.734. The van der Waals surface area contributed by atoms with Gasteiger partial charge in [0.25, 0.3) is 5.19 Å². The Kier molecular flexibility index (Phi) is 5.20. The Balaban J connectivity index is 2.29. The van der Waals surface area contributed by atoms with Crippen LogP contribution in [0.1, 0.15) is 41.4 Å². The van der Waals surface area contributed by atoms with Gasteiger partial charge in [0.1, 0.15) is 5.75 Å². The van der Waals surface area contributed by atoms with Crippen LogP contribution in [0.25, 0.3) is 0 Å². The van der Waals surface area contributed by atoms with Gasteiger partial charge in [-0.1, -0.05) is 55.0 Å². The average molecular weight is 326 g/mol. The zero-order valence-corrected chi connectivity index (χ0v) is 13.6. The second-order valence-corrected chi connectivity index (χ2v) is 5.86. The Morgan fingerprint density at radius 1 is 1.43 bits per heavy atom. The number of hydrogen-bond donors (Lipinski definition) is 0. The molecule has 1 atom stereocenters. The molecule has 0 saturated carbocycles. The SMILES string of the molecule is CCC(C)c1ccccc1Oc1nc(Cl)c(C(=O)OC)s1. The van der Waals surface area contributed by atoms with Crippen molar-refractivity contribution in [2.45, 2.75) is 26.2 Å². The van der Waals surface area contributed by atoms with Crippen LogP contribution in [0.3, 0.4) is 0 Å². The maximum Gasteiger partial charge on any atom is 0.351 e. The van der Waals surface area contributed by atoms with E-state index >= 15 is 0 Å². The monoisotopic (exact) mass is 325 g/mol. The summed E-state index contributed by atoms with van der Waals surface area (Å²) in [6.07, 6.45) is 1.01. The maximum absolute atomic E-state index is 11.5. The molecule has 1 heterocycles. The van der Waals surface area contributed by atoms with Gasteiger partial charge in [0.05, 0.1) is 7.11 Å². The van der Waals surface area contributed by atoms with E-state index in [1.807, 2.05) is 24.3 Å². The molecule has 0 amide bonds. The van der Waals surface area contributed by atoms with Crippen LogP contribution in [0.15, 0.2) is 24.3 Å². The second kappa shape index (κ2) is 6.91. The molecule has 21 heavy (non-hydrogen) atoms. The Labute approximate surface area is 132 Å². The van der Waals surface area contributed by atoms with Crippen LogP contribution in [0, 0.1) is 0 Å². The zero-order valence-electron chi connectivity index (χ0n) is 12.1. The lowest BCUT2D eigenvalue weighted by Gasteiger charge is -2.13. The van der Waals surface area contributed by atoms with Crippen molar-refractivity contribution in [3.05, 3.63) is 39.9 Å². The standard InChI is InChI=1S/C15H16ClNO3S/c1-4-9(2)10-7-5-6-8-11(10)20-15-17-13(16)12(21-15)14(18)19-3/h5-9H,4H2,1-3H3. The molecule has 6 heteroatoms. The number of carbonyl (C=O) groups is 1. The summed E-state index contributed by atoms with van der Waals surface area (Å²) in [4.78, 5) is 15.8. The van der Waals surface area contributed by atoms with Crippen molar-refractivity contribution >= 4 is 28.9 Å². The number of rotatable bonds is 5. The van der Waals surface area contributed by atoms with Crippen molar-refractivity contribution in [2.24, 2.45) is 0 Å². The molecule has 0 N–H and O–H groups in total. The number of methoxy groups -OCH3 is 1. The van der Waals surface area contributed by atoms with Crippen LogP contribution in [0.2, 0.25) is 5.15 Å². The largest absolute Gasteiger partial charge is 0.465 e. The highest BCUT2D eigenvalue weighted by molar-refractivity contribution is 7.15. The number of nitrogens with zero attached hydrogens (tertiary/aromatic N) is 1. The van der Waals surface area contributed by atoms with E-state index < -0.39 is 5.97 Å². The molecular formula is C15H16ClNO3S. The molecule has 0 fully saturated rings. The number of halogens is 1. The average Bonchev–Trinajstić information content (AvgIpc) is 2.86. The smallest absolute Gasteiger partial charge is 0.351 e. The first kappa shape index (κ1) is 15.8. The molecule has 0 spiro atoms. The predicted molar refractivity (Wildman–Crippen MR) is 83.7 cm³/mol. The van der Waals surface area contributed by atoms with Crippen LogP contribution in [0.5, 0.6) is 10.9 Å². The maximum atomic E-state index is 11.5. The Morgan fingerprint density at radius 3 is 2.81 bits per heavy atom. The summed E-state index contributed by atoms with van der Waals surface area (Å²) in [6.45, 7) is 4.26. The third-order valence-corrected chi connectivity index (χ3v) is 4.50. The van der Waals surface area contributed by atoms with Gasteiger partial charge in [-0.05, 0) is 24.0 Å². The minimum absolute atomic E-state index is 0.0999. The summed E-state index contributed by atoms with van der Waals surface area (Å²) in [5, 5.41) is 0.430. The first-order valence-electron chi connectivity index (χ1n) is 6.58. The van der Waals surface area contributed by atoms with Crippen molar-refractivity contribution in [2.75, 3.05) is 7.11 Å². The number of benzene rings is 1. The molecule has 2 aromatic rings. The molecule has 0 bridgehead atoms. The van der Waals surface area contributed by atoms with Crippen LogP contribution < -0.4 is 4.74 Å². The van der Waals surface area contributed by atoms with Crippen molar-refractivity contribution < 1.29 is 14.3 Å². The summed E-state index contributed by atoms with van der Waals surface area (Å²) in [6, 6.07) is 7.79. The molecule has 1 aromatic heterocycles. The van der Waals surface area contributed by atoms with Gasteiger partial charge < -0.3 is 9.47 Å². The van der Waals surface area contributed by atoms with E-state index in [0.717, 1.165) is 29.1 Å².